The molecule has 0 spiro atoms. The number of thioether (sulfide) groups is 1. The van der Waals surface area contributed by atoms with E-state index in [1.807, 2.05) is 11.8 Å². The number of aromatic hydroxyl groups is 1. The molecular weight excluding hydrogens is 360 g/mol. The van der Waals surface area contributed by atoms with Crippen molar-refractivity contribution in [1.29, 1.82) is 0 Å². The summed E-state index contributed by atoms with van der Waals surface area (Å²) in [6, 6.07) is 4.58. The molecule has 0 fully saturated rings. The second-order valence-electron chi connectivity index (χ2n) is 9.36. The third kappa shape index (κ3) is 8.39. The van der Waals surface area contributed by atoms with E-state index in [1.54, 1.807) is 0 Å². The Morgan fingerprint density at radius 2 is 1.29 bits per heavy atom. The van der Waals surface area contributed by atoms with Crippen LogP contribution in [0, 0.1) is 0 Å². The largest absolute Gasteiger partial charge is 0.507 e. The van der Waals surface area contributed by atoms with Crippen LogP contribution in [0.3, 0.4) is 0 Å². The van der Waals surface area contributed by atoms with Gasteiger partial charge in [0.25, 0.3) is 0 Å². The number of hydrogen-bond acceptors (Lipinski definition) is 2. The molecule has 162 valence electrons. The number of rotatable bonds is 14. The molecule has 2 heteroatoms. The minimum Gasteiger partial charge on any atom is -0.507 e. The van der Waals surface area contributed by atoms with Crippen molar-refractivity contribution in [3.05, 3.63) is 23.3 Å². The van der Waals surface area contributed by atoms with Gasteiger partial charge in [0.2, 0.25) is 0 Å². The summed E-state index contributed by atoms with van der Waals surface area (Å²) in [4.78, 5) is 1.34. The average Bonchev–Trinajstić information content (AvgIpc) is 2.65. The van der Waals surface area contributed by atoms with Crippen molar-refractivity contribution in [2.75, 3.05) is 0 Å². The van der Waals surface area contributed by atoms with E-state index in [0.29, 0.717) is 17.6 Å². The topological polar surface area (TPSA) is 20.2 Å². The molecule has 0 aliphatic carbocycles. The summed E-state index contributed by atoms with van der Waals surface area (Å²) in [5.74, 6) is 1.40. The van der Waals surface area contributed by atoms with E-state index in [1.165, 1.54) is 67.4 Å². The molecule has 0 saturated carbocycles. The smallest absolute Gasteiger partial charge is 0.122 e. The number of benzene rings is 1. The third-order valence-electron chi connectivity index (χ3n) is 5.96. The predicted octanol–water partition coefficient (Wildman–Crippen LogP) is 9.43. The first kappa shape index (κ1) is 25.4. The lowest BCUT2D eigenvalue weighted by atomic mass is 9.88. The van der Waals surface area contributed by atoms with Crippen LogP contribution in [0.15, 0.2) is 17.0 Å². The van der Waals surface area contributed by atoms with Gasteiger partial charge in [0, 0.05) is 9.64 Å². The molecule has 1 aromatic carbocycles. The number of hydrogen-bond donors (Lipinski definition) is 1. The van der Waals surface area contributed by atoms with Crippen molar-refractivity contribution >= 4 is 11.8 Å². The second-order valence-corrected chi connectivity index (χ2v) is 11.1. The zero-order valence-electron chi connectivity index (χ0n) is 19.7. The maximum atomic E-state index is 11.1. The minimum atomic E-state index is 0.236. The maximum Gasteiger partial charge on any atom is 0.122 e. The summed E-state index contributed by atoms with van der Waals surface area (Å²) in [7, 11) is 0. The van der Waals surface area contributed by atoms with Gasteiger partial charge in [-0.25, -0.2) is 0 Å². The van der Waals surface area contributed by atoms with Crippen LogP contribution in [0.2, 0.25) is 0 Å². The Bertz CT molecular complexity index is 529. The van der Waals surface area contributed by atoms with Crippen molar-refractivity contribution < 1.29 is 5.11 Å². The number of phenols is 1. The molecule has 1 aromatic rings. The van der Waals surface area contributed by atoms with Crippen molar-refractivity contribution in [3.63, 3.8) is 0 Å². The molecule has 0 bridgehead atoms. The van der Waals surface area contributed by atoms with Gasteiger partial charge in [0.15, 0.2) is 0 Å². The fourth-order valence-corrected chi connectivity index (χ4v) is 5.22. The van der Waals surface area contributed by atoms with Crippen molar-refractivity contribution in [1.82, 2.24) is 0 Å². The lowest BCUT2D eigenvalue weighted by molar-refractivity contribution is 0.443. The number of phenolic OH excluding ortho intramolecular Hbond substituents is 1. The zero-order valence-corrected chi connectivity index (χ0v) is 20.6. The van der Waals surface area contributed by atoms with Gasteiger partial charge in [0.1, 0.15) is 5.75 Å². The summed E-state index contributed by atoms with van der Waals surface area (Å²) in [6.07, 6.45) is 12.3. The van der Waals surface area contributed by atoms with Crippen LogP contribution in [0.1, 0.15) is 136 Å². The highest BCUT2D eigenvalue weighted by molar-refractivity contribution is 8.00. The van der Waals surface area contributed by atoms with Gasteiger partial charge in [0.05, 0.1) is 0 Å². The molecule has 28 heavy (non-hydrogen) atoms. The first-order chi connectivity index (χ1) is 13.3. The fraction of sp³-hybridized carbons (Fsp3) is 0.769. The fourth-order valence-electron chi connectivity index (χ4n) is 3.96. The molecule has 0 aliphatic heterocycles. The van der Waals surface area contributed by atoms with E-state index in [4.69, 9.17) is 0 Å². The van der Waals surface area contributed by atoms with Crippen molar-refractivity contribution in [2.24, 2.45) is 0 Å². The van der Waals surface area contributed by atoms with Crippen LogP contribution >= 0.6 is 11.8 Å². The molecular formula is C26H46OS. The maximum absolute atomic E-state index is 11.1. The lowest BCUT2D eigenvalue weighted by Crippen LogP contribution is -2.14. The first-order valence-corrected chi connectivity index (χ1v) is 12.6. The molecule has 1 N–H and O–H groups in total. The average molecular weight is 407 g/mol. The van der Waals surface area contributed by atoms with E-state index in [0.717, 1.165) is 12.8 Å². The number of unbranched alkanes of at least 4 members (excludes halogenated alkanes) is 4. The zero-order chi connectivity index (χ0) is 21.2. The first-order valence-electron chi connectivity index (χ1n) is 11.8. The van der Waals surface area contributed by atoms with Crippen molar-refractivity contribution in [3.8, 4) is 5.75 Å². The van der Waals surface area contributed by atoms with Gasteiger partial charge >= 0.3 is 0 Å². The van der Waals surface area contributed by atoms with Gasteiger partial charge in [-0.2, -0.15) is 0 Å². The molecule has 0 heterocycles. The van der Waals surface area contributed by atoms with Gasteiger partial charge in [-0.05, 0) is 54.4 Å². The summed E-state index contributed by atoms with van der Waals surface area (Å²) in [5.41, 5.74) is 2.34. The van der Waals surface area contributed by atoms with Gasteiger partial charge in [-0.1, -0.05) is 93.4 Å². The van der Waals surface area contributed by atoms with Crippen LogP contribution in [0.25, 0.3) is 0 Å². The second kappa shape index (κ2) is 12.8. The summed E-state index contributed by atoms with van der Waals surface area (Å²) >= 11 is 2.00. The van der Waals surface area contributed by atoms with Crippen LogP contribution in [-0.4, -0.2) is 9.85 Å². The molecule has 2 atom stereocenters. The molecule has 1 nitrogen and oxygen atoms in total. The molecule has 0 aliphatic rings. The van der Waals surface area contributed by atoms with Gasteiger partial charge in [-0.3, -0.25) is 0 Å². The SMILES string of the molecule is CCCCCC(C)(C)Sc1cc(C(C)CCCC)c(O)c(C(C)CCCC)c1. The Hall–Kier alpha value is -0.630. The quantitative estimate of drug-likeness (QED) is 0.245. The molecule has 0 saturated heterocycles. The predicted molar refractivity (Wildman–Crippen MR) is 128 cm³/mol. The summed E-state index contributed by atoms with van der Waals surface area (Å²) in [6.45, 7) is 16.1. The Morgan fingerprint density at radius 1 is 0.821 bits per heavy atom. The Morgan fingerprint density at radius 3 is 1.71 bits per heavy atom. The Labute approximate surface area is 180 Å². The highest BCUT2D eigenvalue weighted by Crippen LogP contribution is 2.44. The molecule has 0 radical (unpaired) electrons. The highest BCUT2D eigenvalue weighted by Gasteiger charge is 2.23. The normalized spacial score (nSPS) is 14.2. The van der Waals surface area contributed by atoms with Crippen LogP contribution in [0.5, 0.6) is 5.75 Å². The molecule has 0 aromatic heterocycles. The van der Waals surface area contributed by atoms with E-state index in [9.17, 15) is 5.11 Å². The standard InChI is InChI=1S/C26H46OS/c1-8-11-14-17-26(6,7)28-22-18-23(20(4)15-12-9-2)25(27)24(19-22)21(5)16-13-10-3/h18-21,27H,8-17H2,1-7H3. The van der Waals surface area contributed by atoms with Crippen LogP contribution in [0.4, 0.5) is 0 Å². The van der Waals surface area contributed by atoms with Crippen LogP contribution < -0.4 is 0 Å². The van der Waals surface area contributed by atoms with Crippen molar-refractivity contribution in [2.45, 2.75) is 134 Å². The molecule has 2 unspecified atom stereocenters. The minimum absolute atomic E-state index is 0.236. The summed E-state index contributed by atoms with van der Waals surface area (Å²) in [5, 5.41) is 11.1. The summed E-state index contributed by atoms with van der Waals surface area (Å²) < 4.78 is 0.236. The Kier molecular flexibility index (Phi) is 11.6. The highest BCUT2D eigenvalue weighted by atomic mass is 32.2. The van der Waals surface area contributed by atoms with E-state index < -0.39 is 0 Å². The Balaban J connectivity index is 3.16. The van der Waals surface area contributed by atoms with Crippen LogP contribution in [-0.2, 0) is 0 Å². The van der Waals surface area contributed by atoms with E-state index in [-0.39, 0.29) is 4.75 Å². The van der Waals surface area contributed by atoms with Gasteiger partial charge < -0.3 is 5.11 Å². The van der Waals surface area contributed by atoms with Gasteiger partial charge in [-0.15, -0.1) is 11.8 Å². The third-order valence-corrected chi connectivity index (χ3v) is 7.19. The monoisotopic (exact) mass is 406 g/mol. The lowest BCUT2D eigenvalue weighted by Gasteiger charge is -2.27. The van der Waals surface area contributed by atoms with E-state index in [2.05, 4.69) is 60.6 Å². The molecule has 0 amide bonds. The molecule has 1 rings (SSSR count). The van der Waals surface area contributed by atoms with E-state index >= 15 is 0 Å².